The molecule has 292 valence electrons. The van der Waals surface area contributed by atoms with Crippen LogP contribution in [0, 0.1) is 56.7 Å². The third-order valence-corrected chi connectivity index (χ3v) is 16.9. The van der Waals surface area contributed by atoms with Crippen molar-refractivity contribution in [2.75, 3.05) is 6.54 Å². The zero-order valence-electron chi connectivity index (χ0n) is 33.3. The predicted octanol–water partition coefficient (Wildman–Crippen LogP) is 8.00. The molecular weight excluding hydrogens is 677 g/mol. The Bertz CT molecular complexity index is 1800. The molecule has 0 spiro atoms. The molecule has 0 aliphatic heterocycles. The largest absolute Gasteiger partial charge is 0.478 e. The molecule has 10 atom stereocenters. The van der Waals surface area contributed by atoms with E-state index in [9.17, 15) is 24.3 Å². The van der Waals surface area contributed by atoms with E-state index in [0.717, 1.165) is 75.3 Å². The summed E-state index contributed by atoms with van der Waals surface area (Å²) in [5.41, 5.74) is 2.22. The van der Waals surface area contributed by atoms with Crippen LogP contribution < -0.4 is 10.6 Å². The molecule has 0 heterocycles. The van der Waals surface area contributed by atoms with Gasteiger partial charge in [-0.15, -0.1) is 0 Å². The van der Waals surface area contributed by atoms with Crippen molar-refractivity contribution < 1.29 is 29.4 Å². The minimum atomic E-state index is -0.988. The van der Waals surface area contributed by atoms with Crippen molar-refractivity contribution in [3.05, 3.63) is 70.8 Å². The van der Waals surface area contributed by atoms with Crippen LogP contribution >= 0.6 is 0 Å². The molecule has 5 aliphatic rings. The lowest BCUT2D eigenvalue weighted by atomic mass is 9.32. The van der Waals surface area contributed by atoms with Crippen LogP contribution in [0.1, 0.15) is 138 Å². The molecule has 8 heteroatoms. The molecule has 2 amide bonds. The minimum Gasteiger partial charge on any atom is -0.478 e. The van der Waals surface area contributed by atoms with Crippen molar-refractivity contribution in [3.8, 4) is 0 Å². The average molecular weight is 739 g/mol. The lowest BCUT2D eigenvalue weighted by molar-refractivity contribution is -0.246. The zero-order valence-corrected chi connectivity index (χ0v) is 33.3. The Labute approximate surface area is 321 Å². The Kier molecular flexibility index (Phi) is 9.97. The Balaban J connectivity index is 1.04. The van der Waals surface area contributed by atoms with Crippen molar-refractivity contribution in [1.82, 2.24) is 10.6 Å². The van der Waals surface area contributed by atoms with Gasteiger partial charge in [-0.1, -0.05) is 58.9 Å². The monoisotopic (exact) mass is 738 g/mol. The van der Waals surface area contributed by atoms with Crippen molar-refractivity contribution in [2.24, 2.45) is 56.7 Å². The van der Waals surface area contributed by atoms with Gasteiger partial charge in [0.15, 0.2) is 0 Å². The number of rotatable bonds is 9. The molecular formula is C46H62N2O6. The maximum atomic E-state index is 14.6. The van der Waals surface area contributed by atoms with E-state index in [1.165, 1.54) is 12.1 Å². The van der Waals surface area contributed by atoms with Gasteiger partial charge in [0.25, 0.3) is 5.91 Å². The van der Waals surface area contributed by atoms with Gasteiger partial charge in [0.2, 0.25) is 5.91 Å². The van der Waals surface area contributed by atoms with Crippen molar-refractivity contribution in [3.63, 3.8) is 0 Å². The maximum Gasteiger partial charge on any atom is 0.335 e. The molecule has 0 aromatic heterocycles. The van der Waals surface area contributed by atoms with Crippen molar-refractivity contribution in [1.29, 1.82) is 0 Å². The number of carbonyl (C=O) groups is 4. The van der Waals surface area contributed by atoms with Gasteiger partial charge in [0.1, 0.15) is 5.78 Å². The molecule has 0 bridgehead atoms. The summed E-state index contributed by atoms with van der Waals surface area (Å²) in [6, 6.07) is 13.9. The third kappa shape index (κ3) is 6.04. The van der Waals surface area contributed by atoms with E-state index < -0.39 is 11.4 Å². The van der Waals surface area contributed by atoms with Crippen LogP contribution in [0.2, 0.25) is 0 Å². The van der Waals surface area contributed by atoms with Gasteiger partial charge in [-0.25, -0.2) is 4.79 Å². The van der Waals surface area contributed by atoms with Crippen molar-refractivity contribution in [2.45, 2.75) is 125 Å². The van der Waals surface area contributed by atoms with Crippen LogP contribution in [-0.4, -0.2) is 46.4 Å². The first kappa shape index (κ1) is 38.7. The number of aromatic carboxylic acids is 1. The fourth-order valence-corrected chi connectivity index (χ4v) is 13.8. The number of aliphatic hydroxyl groups excluding tert-OH is 1. The number of benzene rings is 2. The van der Waals surface area contributed by atoms with E-state index in [2.05, 4.69) is 45.3 Å². The summed E-state index contributed by atoms with van der Waals surface area (Å²) in [6.45, 7) is 14.7. The van der Waals surface area contributed by atoms with Crippen LogP contribution in [0.4, 0.5) is 0 Å². The summed E-state index contributed by atoms with van der Waals surface area (Å²) in [5.74, 6) is 0.489. The molecule has 7 rings (SSSR count). The van der Waals surface area contributed by atoms with Crippen LogP contribution in [0.5, 0.6) is 0 Å². The summed E-state index contributed by atoms with van der Waals surface area (Å²) >= 11 is 0. The minimum absolute atomic E-state index is 0.0412. The molecule has 0 radical (unpaired) electrons. The molecule has 5 unspecified atom stereocenters. The molecule has 5 saturated carbocycles. The van der Waals surface area contributed by atoms with E-state index in [0.29, 0.717) is 36.3 Å². The fraction of sp³-hybridized carbons (Fsp3) is 0.652. The molecule has 4 N–H and O–H groups in total. The highest BCUT2D eigenvalue weighted by molar-refractivity contribution is 5.94. The molecule has 54 heavy (non-hydrogen) atoms. The Hall–Kier alpha value is -3.52. The van der Waals surface area contributed by atoms with Gasteiger partial charge >= 0.3 is 5.97 Å². The van der Waals surface area contributed by atoms with Crippen LogP contribution in [0.25, 0.3) is 0 Å². The molecule has 8 nitrogen and oxygen atoms in total. The van der Waals surface area contributed by atoms with E-state index >= 15 is 0 Å². The number of carboxylic acid groups (broad SMARTS) is 1. The topological polar surface area (TPSA) is 133 Å². The first-order chi connectivity index (χ1) is 25.5. The number of hydrogen-bond donors (Lipinski definition) is 4. The molecule has 5 fully saturated rings. The first-order valence-corrected chi connectivity index (χ1v) is 20.6. The Morgan fingerprint density at radius 1 is 0.741 bits per heavy atom. The van der Waals surface area contributed by atoms with Gasteiger partial charge in [0.05, 0.1) is 17.1 Å². The molecule has 0 saturated heterocycles. The van der Waals surface area contributed by atoms with Gasteiger partial charge in [-0.05, 0) is 158 Å². The van der Waals surface area contributed by atoms with E-state index in [1.54, 1.807) is 25.1 Å². The number of nitrogens with one attached hydrogen (secondary N) is 2. The molecule has 5 aliphatic carbocycles. The second kappa shape index (κ2) is 13.9. The standard InChI is InChI=1S/C46H62N2O6/c1-28(49)33-16-22-46(41(54)47-25-19-29-8-7-9-32(26-29)39(51)48-27-30-10-12-31(13-11-30)40(52)53)24-23-44(5)34(38(33)46)14-15-36-43(4)20-18-37(50)42(2,3)35(43)17-21-45(36,44)6/h7-13,26,33-38,50H,14-25,27H2,1-6H3,(H,47,54)(H,48,51)(H,52,53)/t33-,34?,35?,36?,37-,38?,43?,44+,45+,46-/m0/s1. The van der Waals surface area contributed by atoms with Gasteiger partial charge in [0, 0.05) is 24.6 Å². The SMILES string of the molecule is CC(=O)[C@@H]1CC[C@]2(C(=O)NCCc3cccc(C(=O)NCc4ccc(C(=O)O)cc4)c3)CC[C@]3(C)C(CCC4C5(C)CC[C@H](O)C(C)(C)C5CC[C@]43C)C12. The fourth-order valence-electron chi connectivity index (χ4n) is 13.8. The number of carbonyl (C=O) groups excluding carboxylic acids is 3. The molecule has 2 aromatic rings. The van der Waals surface area contributed by atoms with E-state index in [4.69, 9.17) is 5.11 Å². The summed E-state index contributed by atoms with van der Waals surface area (Å²) in [7, 11) is 0. The van der Waals surface area contributed by atoms with Gasteiger partial charge in [-0.3, -0.25) is 14.4 Å². The lowest BCUT2D eigenvalue weighted by Gasteiger charge is -2.72. The second-order valence-corrected chi connectivity index (χ2v) is 19.4. The highest BCUT2D eigenvalue weighted by atomic mass is 16.4. The maximum absolute atomic E-state index is 14.6. The van der Waals surface area contributed by atoms with E-state index in [1.807, 2.05) is 18.2 Å². The Morgan fingerprint density at radius 3 is 2.19 bits per heavy atom. The number of aliphatic hydroxyl groups is 1. The lowest BCUT2D eigenvalue weighted by Crippen LogP contribution is -2.67. The first-order valence-electron chi connectivity index (χ1n) is 20.6. The van der Waals surface area contributed by atoms with Gasteiger partial charge in [-0.2, -0.15) is 0 Å². The summed E-state index contributed by atoms with van der Waals surface area (Å²) in [5, 5.41) is 26.5. The van der Waals surface area contributed by atoms with Crippen LogP contribution in [-0.2, 0) is 22.6 Å². The number of carboxylic acids is 1. The Morgan fingerprint density at radius 2 is 1.48 bits per heavy atom. The highest BCUT2D eigenvalue weighted by Gasteiger charge is 2.72. The van der Waals surface area contributed by atoms with Gasteiger partial charge < -0.3 is 20.8 Å². The summed E-state index contributed by atoms with van der Waals surface area (Å²) < 4.78 is 0. The number of Topliss-reactive ketones (excluding diaryl/α,β-unsaturated/α-hetero) is 1. The summed E-state index contributed by atoms with van der Waals surface area (Å²) in [6.07, 6.45) is 10.1. The molecule has 2 aromatic carbocycles. The zero-order chi connectivity index (χ0) is 38.8. The summed E-state index contributed by atoms with van der Waals surface area (Å²) in [4.78, 5) is 52.1. The number of hydrogen-bond acceptors (Lipinski definition) is 5. The quantitative estimate of drug-likeness (QED) is 0.206. The number of amides is 2. The average Bonchev–Trinajstić information content (AvgIpc) is 3.54. The smallest absolute Gasteiger partial charge is 0.335 e. The van der Waals surface area contributed by atoms with E-state index in [-0.39, 0.29) is 69.3 Å². The van der Waals surface area contributed by atoms with Crippen LogP contribution in [0.3, 0.4) is 0 Å². The normalized spacial score (nSPS) is 37.8. The highest BCUT2D eigenvalue weighted by Crippen LogP contribution is 2.77. The number of fused-ring (bicyclic) bond motifs is 7. The number of ketones is 1. The second-order valence-electron chi connectivity index (χ2n) is 19.4. The van der Waals surface area contributed by atoms with Crippen molar-refractivity contribution >= 4 is 23.6 Å². The predicted molar refractivity (Wildman–Crippen MR) is 209 cm³/mol. The third-order valence-electron chi connectivity index (χ3n) is 16.9. The van der Waals surface area contributed by atoms with Crippen LogP contribution in [0.15, 0.2) is 48.5 Å².